The zero-order valence-corrected chi connectivity index (χ0v) is 42.3. The number of esters is 3. The van der Waals surface area contributed by atoms with Crippen LogP contribution in [0.15, 0.2) is 0 Å². The number of carbonyl (C=O) groups excluding carboxylic acids is 3. The van der Waals surface area contributed by atoms with Crippen molar-refractivity contribution in [2.75, 3.05) is 13.2 Å². The lowest BCUT2D eigenvalue weighted by molar-refractivity contribution is -0.167. The molecule has 0 bridgehead atoms. The topological polar surface area (TPSA) is 78.9 Å². The Bertz CT molecular complexity index is 933. The predicted molar refractivity (Wildman–Crippen MR) is 266 cm³/mol. The van der Waals surface area contributed by atoms with Crippen molar-refractivity contribution in [2.45, 2.75) is 323 Å². The van der Waals surface area contributed by atoms with Crippen LogP contribution in [-0.4, -0.2) is 37.2 Å². The van der Waals surface area contributed by atoms with Gasteiger partial charge in [0.2, 0.25) is 0 Å². The maximum atomic E-state index is 12.8. The molecule has 6 nitrogen and oxygen atoms in total. The molecule has 0 aliphatic carbocycles. The lowest BCUT2D eigenvalue weighted by Gasteiger charge is -2.18. The summed E-state index contributed by atoms with van der Waals surface area (Å²) >= 11 is 0. The van der Waals surface area contributed by atoms with Crippen molar-refractivity contribution in [1.82, 2.24) is 0 Å². The van der Waals surface area contributed by atoms with Crippen LogP contribution in [0.4, 0.5) is 0 Å². The van der Waals surface area contributed by atoms with Gasteiger partial charge in [-0.2, -0.15) is 0 Å². The van der Waals surface area contributed by atoms with Crippen LogP contribution in [0, 0.1) is 5.92 Å². The van der Waals surface area contributed by atoms with Crippen LogP contribution >= 0.6 is 0 Å². The Kier molecular flexibility index (Phi) is 49.1. The first-order valence-corrected chi connectivity index (χ1v) is 27.9. The Morgan fingerprint density at radius 1 is 0.306 bits per heavy atom. The van der Waals surface area contributed by atoms with Crippen molar-refractivity contribution in [1.29, 1.82) is 0 Å². The van der Waals surface area contributed by atoms with Gasteiger partial charge in [-0.15, -0.1) is 0 Å². The molecule has 0 unspecified atom stereocenters. The van der Waals surface area contributed by atoms with E-state index in [1.54, 1.807) is 0 Å². The first-order valence-electron chi connectivity index (χ1n) is 27.9. The summed E-state index contributed by atoms with van der Waals surface area (Å²) in [6.45, 7) is 9.04. The second kappa shape index (κ2) is 50.4. The lowest BCUT2D eigenvalue weighted by atomic mass is 10.0. The van der Waals surface area contributed by atoms with Gasteiger partial charge in [0.25, 0.3) is 0 Å². The lowest BCUT2D eigenvalue weighted by Crippen LogP contribution is -2.30. The summed E-state index contributed by atoms with van der Waals surface area (Å²) in [6, 6.07) is 0. The summed E-state index contributed by atoms with van der Waals surface area (Å²) in [5.41, 5.74) is 0. The molecule has 0 spiro atoms. The average molecular weight is 877 g/mol. The molecule has 368 valence electrons. The first kappa shape index (κ1) is 60.4. The Morgan fingerprint density at radius 3 is 0.790 bits per heavy atom. The van der Waals surface area contributed by atoms with Gasteiger partial charge in [0.1, 0.15) is 13.2 Å². The third kappa shape index (κ3) is 49.4. The zero-order chi connectivity index (χ0) is 45.2. The molecule has 0 rings (SSSR count). The van der Waals surface area contributed by atoms with Gasteiger partial charge in [-0.05, 0) is 25.2 Å². The molecule has 0 saturated heterocycles. The minimum atomic E-state index is -0.761. The van der Waals surface area contributed by atoms with Crippen molar-refractivity contribution in [3.05, 3.63) is 0 Å². The van der Waals surface area contributed by atoms with Crippen LogP contribution in [0.3, 0.4) is 0 Å². The van der Waals surface area contributed by atoms with E-state index in [4.69, 9.17) is 14.2 Å². The fourth-order valence-electron chi connectivity index (χ4n) is 8.57. The Labute approximate surface area is 387 Å². The highest BCUT2D eigenvalue weighted by Crippen LogP contribution is 2.18. The van der Waals surface area contributed by atoms with Crippen LogP contribution < -0.4 is 0 Å². The molecular weight excluding hydrogens is 769 g/mol. The Hall–Kier alpha value is -1.59. The number of unbranched alkanes of at least 4 members (excludes halogenated alkanes) is 38. The normalized spacial score (nSPS) is 12.0. The van der Waals surface area contributed by atoms with Crippen LogP contribution in [0.25, 0.3) is 0 Å². The van der Waals surface area contributed by atoms with Gasteiger partial charge in [-0.1, -0.05) is 278 Å². The number of hydrogen-bond acceptors (Lipinski definition) is 6. The molecule has 0 heterocycles. The highest BCUT2D eigenvalue weighted by atomic mass is 16.6. The van der Waals surface area contributed by atoms with Crippen LogP contribution in [0.2, 0.25) is 0 Å². The SMILES string of the molecule is CCCCCCCCCCCCCCCCCCC(=O)OC[C@@H](COC(=O)CCCCCCCCCCCCCCCCC)OC(=O)CCCCCCCCCCCCC(C)C. The molecule has 0 amide bonds. The number of carbonyl (C=O) groups is 3. The third-order valence-corrected chi connectivity index (χ3v) is 12.8. The predicted octanol–water partition coefficient (Wildman–Crippen LogP) is 18.2. The van der Waals surface area contributed by atoms with Gasteiger partial charge < -0.3 is 14.2 Å². The highest BCUT2D eigenvalue weighted by Gasteiger charge is 2.19. The van der Waals surface area contributed by atoms with E-state index in [-0.39, 0.29) is 31.1 Å². The van der Waals surface area contributed by atoms with Crippen LogP contribution in [-0.2, 0) is 28.6 Å². The maximum Gasteiger partial charge on any atom is 0.306 e. The van der Waals surface area contributed by atoms with E-state index in [0.717, 1.165) is 63.7 Å². The molecule has 0 fully saturated rings. The molecule has 0 N–H and O–H groups in total. The third-order valence-electron chi connectivity index (χ3n) is 12.8. The molecule has 0 aliphatic rings. The first-order chi connectivity index (χ1) is 30.4. The Balaban J connectivity index is 4.29. The van der Waals surface area contributed by atoms with Gasteiger partial charge in [0.15, 0.2) is 6.10 Å². The van der Waals surface area contributed by atoms with Crippen molar-refractivity contribution < 1.29 is 28.6 Å². The quantitative estimate of drug-likeness (QED) is 0.0344. The van der Waals surface area contributed by atoms with E-state index in [1.165, 1.54) is 212 Å². The smallest absolute Gasteiger partial charge is 0.306 e. The van der Waals surface area contributed by atoms with E-state index in [1.807, 2.05) is 0 Å². The standard InChI is InChI=1S/C56H108O6/c1-5-7-9-11-13-15-17-19-21-23-25-27-32-36-40-44-48-55(58)61-51-53(62-56(59)49-45-41-37-33-29-28-30-34-38-42-46-52(3)4)50-60-54(57)47-43-39-35-31-26-24-22-20-18-16-14-12-10-8-6-2/h52-53H,5-51H2,1-4H3/t53-/m1/s1. The van der Waals surface area contributed by atoms with E-state index in [0.29, 0.717) is 19.3 Å². The largest absolute Gasteiger partial charge is 0.462 e. The van der Waals surface area contributed by atoms with Gasteiger partial charge >= 0.3 is 17.9 Å². The summed E-state index contributed by atoms with van der Waals surface area (Å²) in [7, 11) is 0. The van der Waals surface area contributed by atoms with Crippen molar-refractivity contribution in [3.8, 4) is 0 Å². The highest BCUT2D eigenvalue weighted by molar-refractivity contribution is 5.71. The maximum absolute atomic E-state index is 12.8. The fourth-order valence-corrected chi connectivity index (χ4v) is 8.57. The average Bonchev–Trinajstić information content (AvgIpc) is 3.26. The number of hydrogen-bond donors (Lipinski definition) is 0. The van der Waals surface area contributed by atoms with Gasteiger partial charge in [-0.3, -0.25) is 14.4 Å². The van der Waals surface area contributed by atoms with E-state index in [2.05, 4.69) is 27.7 Å². The summed E-state index contributed by atoms with van der Waals surface area (Å²) in [4.78, 5) is 38.1. The molecule has 0 aromatic carbocycles. The van der Waals surface area contributed by atoms with Crippen LogP contribution in [0.5, 0.6) is 0 Å². The summed E-state index contributed by atoms with van der Waals surface area (Å²) in [5, 5.41) is 0. The van der Waals surface area contributed by atoms with Crippen molar-refractivity contribution in [3.63, 3.8) is 0 Å². The minimum absolute atomic E-state index is 0.0624. The summed E-state index contributed by atoms with van der Waals surface area (Å²) in [6.07, 6.45) is 53.7. The fraction of sp³-hybridized carbons (Fsp3) is 0.946. The minimum Gasteiger partial charge on any atom is -0.462 e. The van der Waals surface area contributed by atoms with Gasteiger partial charge in [-0.25, -0.2) is 0 Å². The zero-order valence-electron chi connectivity index (χ0n) is 42.3. The molecule has 1 atom stereocenters. The second-order valence-electron chi connectivity index (χ2n) is 19.7. The monoisotopic (exact) mass is 877 g/mol. The van der Waals surface area contributed by atoms with Crippen molar-refractivity contribution >= 4 is 17.9 Å². The molecule has 6 heteroatoms. The Morgan fingerprint density at radius 2 is 0.532 bits per heavy atom. The van der Waals surface area contributed by atoms with E-state index < -0.39 is 6.10 Å². The van der Waals surface area contributed by atoms with E-state index in [9.17, 15) is 14.4 Å². The van der Waals surface area contributed by atoms with Crippen LogP contribution in [0.1, 0.15) is 317 Å². The number of ether oxygens (including phenoxy) is 3. The van der Waals surface area contributed by atoms with Gasteiger partial charge in [0, 0.05) is 19.3 Å². The molecule has 0 aromatic heterocycles. The molecular formula is C56H108O6. The molecule has 0 saturated carbocycles. The molecule has 0 aromatic rings. The molecule has 0 radical (unpaired) electrons. The molecule has 0 aliphatic heterocycles. The summed E-state index contributed by atoms with van der Waals surface area (Å²) in [5.74, 6) is -0.0226. The summed E-state index contributed by atoms with van der Waals surface area (Å²) < 4.78 is 16.9. The number of rotatable bonds is 51. The van der Waals surface area contributed by atoms with E-state index >= 15 is 0 Å². The van der Waals surface area contributed by atoms with Gasteiger partial charge in [0.05, 0.1) is 0 Å². The second-order valence-corrected chi connectivity index (χ2v) is 19.7. The molecule has 62 heavy (non-hydrogen) atoms. The van der Waals surface area contributed by atoms with Crippen molar-refractivity contribution in [2.24, 2.45) is 5.92 Å².